The summed E-state index contributed by atoms with van der Waals surface area (Å²) in [6.07, 6.45) is 2.82. The van der Waals surface area contributed by atoms with Crippen LogP contribution in [-0.2, 0) is 22.5 Å². The number of nitrogens with zero attached hydrogens (tertiary/aromatic N) is 2. The minimum Gasteiger partial charge on any atom is -0.444 e. The van der Waals surface area contributed by atoms with E-state index in [4.69, 9.17) is 16.3 Å². The van der Waals surface area contributed by atoms with Crippen LogP contribution in [0.15, 0.2) is 36.4 Å². The molecule has 2 heterocycles. The Balaban J connectivity index is 1.47. The van der Waals surface area contributed by atoms with Crippen molar-refractivity contribution in [3.63, 3.8) is 0 Å². The number of carbonyl (C=O) groups is 2. The molecule has 4 rings (SSSR count). The summed E-state index contributed by atoms with van der Waals surface area (Å²) in [5.74, 6) is -0.198. The molecular weight excluding hydrogens is 450 g/mol. The van der Waals surface area contributed by atoms with Gasteiger partial charge in [-0.05, 0) is 76.6 Å². The lowest BCUT2D eigenvalue weighted by Crippen LogP contribution is -2.51. The molecule has 7 heteroatoms. The molecule has 0 radical (unpaired) electrons. The summed E-state index contributed by atoms with van der Waals surface area (Å²) >= 11 is 6.71. The molecule has 2 amide bonds. The van der Waals surface area contributed by atoms with Crippen molar-refractivity contribution in [2.24, 2.45) is 0 Å². The van der Waals surface area contributed by atoms with E-state index in [2.05, 4.69) is 41.4 Å². The lowest BCUT2D eigenvalue weighted by molar-refractivity contribution is -0.122. The van der Waals surface area contributed by atoms with Crippen LogP contribution in [0.25, 0.3) is 0 Å². The van der Waals surface area contributed by atoms with Crippen molar-refractivity contribution in [3.05, 3.63) is 58.1 Å². The first-order chi connectivity index (χ1) is 16.1. The number of ether oxygens (including phenoxy) is 1. The van der Waals surface area contributed by atoms with Crippen LogP contribution in [0.3, 0.4) is 0 Å². The van der Waals surface area contributed by atoms with Crippen molar-refractivity contribution in [2.75, 3.05) is 23.3 Å². The van der Waals surface area contributed by atoms with E-state index in [1.807, 2.05) is 32.9 Å². The van der Waals surface area contributed by atoms with Crippen LogP contribution >= 0.6 is 11.6 Å². The van der Waals surface area contributed by atoms with Crippen molar-refractivity contribution in [1.82, 2.24) is 4.90 Å². The van der Waals surface area contributed by atoms with Gasteiger partial charge in [-0.3, -0.25) is 9.69 Å². The molecule has 1 fully saturated rings. The predicted molar refractivity (Wildman–Crippen MR) is 137 cm³/mol. The van der Waals surface area contributed by atoms with Gasteiger partial charge in [-0.2, -0.15) is 0 Å². The molecule has 0 unspecified atom stereocenters. The SMILES string of the molecule is Cc1cccc(CN2CCc3cc(NC(=O)[C@H]4CCCCN4C(=O)OC(C)(C)C)cc(Cl)c32)c1. The van der Waals surface area contributed by atoms with Gasteiger partial charge < -0.3 is 15.0 Å². The molecule has 0 aliphatic carbocycles. The molecule has 0 saturated carbocycles. The zero-order valence-corrected chi connectivity index (χ0v) is 21.2. The van der Waals surface area contributed by atoms with Gasteiger partial charge in [-0.15, -0.1) is 0 Å². The highest BCUT2D eigenvalue weighted by molar-refractivity contribution is 6.34. The third-order valence-electron chi connectivity index (χ3n) is 6.27. The monoisotopic (exact) mass is 483 g/mol. The second-order valence-corrected chi connectivity index (χ2v) is 10.7. The molecule has 0 spiro atoms. The zero-order valence-electron chi connectivity index (χ0n) is 20.5. The molecule has 2 aliphatic rings. The maximum atomic E-state index is 13.2. The van der Waals surface area contributed by atoms with Gasteiger partial charge in [0.2, 0.25) is 5.91 Å². The number of nitrogens with one attached hydrogen (secondary N) is 1. The highest BCUT2D eigenvalue weighted by Gasteiger charge is 2.35. The zero-order chi connectivity index (χ0) is 24.5. The number of likely N-dealkylation sites (tertiary alicyclic amines) is 1. The van der Waals surface area contributed by atoms with Gasteiger partial charge in [-0.25, -0.2) is 4.79 Å². The Kier molecular flexibility index (Phi) is 7.08. The fraction of sp³-hybridized carbons (Fsp3) is 0.481. The number of benzene rings is 2. The fourth-order valence-electron chi connectivity index (χ4n) is 4.80. The average molecular weight is 484 g/mol. The first-order valence-corrected chi connectivity index (χ1v) is 12.4. The molecule has 182 valence electrons. The molecule has 0 bridgehead atoms. The van der Waals surface area contributed by atoms with E-state index < -0.39 is 17.7 Å². The van der Waals surface area contributed by atoms with Gasteiger partial charge in [0.15, 0.2) is 0 Å². The lowest BCUT2D eigenvalue weighted by atomic mass is 10.0. The van der Waals surface area contributed by atoms with E-state index >= 15 is 0 Å². The number of rotatable bonds is 4. The van der Waals surface area contributed by atoms with E-state index in [1.165, 1.54) is 11.1 Å². The van der Waals surface area contributed by atoms with Crippen LogP contribution in [-0.4, -0.2) is 41.6 Å². The Bertz CT molecular complexity index is 1080. The maximum absolute atomic E-state index is 13.2. The first kappa shape index (κ1) is 24.4. The largest absolute Gasteiger partial charge is 0.444 e. The van der Waals surface area contributed by atoms with Gasteiger partial charge in [0.1, 0.15) is 11.6 Å². The molecule has 2 aromatic carbocycles. The minimum absolute atomic E-state index is 0.198. The average Bonchev–Trinajstić information content (AvgIpc) is 3.15. The Labute approximate surface area is 207 Å². The minimum atomic E-state index is -0.604. The first-order valence-electron chi connectivity index (χ1n) is 12.0. The van der Waals surface area contributed by atoms with E-state index in [1.54, 1.807) is 4.90 Å². The van der Waals surface area contributed by atoms with E-state index in [-0.39, 0.29) is 5.91 Å². The van der Waals surface area contributed by atoms with Crippen molar-refractivity contribution < 1.29 is 14.3 Å². The summed E-state index contributed by atoms with van der Waals surface area (Å²) in [6, 6.07) is 11.8. The highest BCUT2D eigenvalue weighted by Crippen LogP contribution is 2.39. The van der Waals surface area contributed by atoms with Gasteiger partial charge in [-0.1, -0.05) is 41.4 Å². The lowest BCUT2D eigenvalue weighted by Gasteiger charge is -2.35. The van der Waals surface area contributed by atoms with E-state index in [0.29, 0.717) is 23.7 Å². The summed E-state index contributed by atoms with van der Waals surface area (Å²) in [5, 5.41) is 3.64. The molecule has 1 saturated heterocycles. The normalized spacial score (nSPS) is 18.0. The predicted octanol–water partition coefficient (Wildman–Crippen LogP) is 5.94. The number of piperidine rings is 1. The third-order valence-corrected chi connectivity index (χ3v) is 6.55. The van der Waals surface area contributed by atoms with Crippen LogP contribution in [0, 0.1) is 6.92 Å². The van der Waals surface area contributed by atoms with Crippen molar-refractivity contribution in [2.45, 2.75) is 71.6 Å². The number of hydrogen-bond acceptors (Lipinski definition) is 4. The van der Waals surface area contributed by atoms with Crippen LogP contribution in [0.4, 0.5) is 16.2 Å². The Hall–Kier alpha value is -2.73. The number of anilines is 2. The fourth-order valence-corrected chi connectivity index (χ4v) is 5.16. The summed E-state index contributed by atoms with van der Waals surface area (Å²) in [7, 11) is 0. The number of amides is 2. The molecule has 0 aromatic heterocycles. The quantitative estimate of drug-likeness (QED) is 0.584. The number of hydrogen-bond donors (Lipinski definition) is 1. The van der Waals surface area contributed by atoms with Gasteiger partial charge in [0, 0.05) is 25.3 Å². The van der Waals surface area contributed by atoms with E-state index in [9.17, 15) is 9.59 Å². The Morgan fingerprint density at radius 3 is 2.68 bits per heavy atom. The van der Waals surface area contributed by atoms with Crippen LogP contribution in [0.2, 0.25) is 5.02 Å². The van der Waals surface area contributed by atoms with Crippen LogP contribution in [0.5, 0.6) is 0 Å². The number of carbonyl (C=O) groups excluding carboxylic acids is 2. The standard InChI is InChI=1S/C27H34ClN3O3/c1-18-8-7-9-19(14-18)17-30-13-11-20-15-21(16-22(28)24(20)30)29-25(32)23-10-5-6-12-31(23)26(33)34-27(2,3)4/h7-9,14-16,23H,5-6,10-13,17H2,1-4H3,(H,29,32)/t23-/m1/s1. The highest BCUT2D eigenvalue weighted by atomic mass is 35.5. The van der Waals surface area contributed by atoms with E-state index in [0.717, 1.165) is 43.6 Å². The summed E-state index contributed by atoms with van der Waals surface area (Å²) in [6.45, 7) is 9.80. The van der Waals surface area contributed by atoms with Gasteiger partial charge in [0.25, 0.3) is 0 Å². The van der Waals surface area contributed by atoms with Gasteiger partial charge in [0.05, 0.1) is 10.7 Å². The van der Waals surface area contributed by atoms with Crippen LogP contribution < -0.4 is 10.2 Å². The smallest absolute Gasteiger partial charge is 0.410 e. The molecule has 1 atom stereocenters. The summed E-state index contributed by atoms with van der Waals surface area (Å²) in [4.78, 5) is 29.7. The van der Waals surface area contributed by atoms with Gasteiger partial charge >= 0.3 is 6.09 Å². The van der Waals surface area contributed by atoms with Crippen molar-refractivity contribution in [3.8, 4) is 0 Å². The maximum Gasteiger partial charge on any atom is 0.410 e. The third kappa shape index (κ3) is 5.66. The molecule has 6 nitrogen and oxygen atoms in total. The Morgan fingerprint density at radius 1 is 1.15 bits per heavy atom. The summed E-state index contributed by atoms with van der Waals surface area (Å²) in [5.41, 5.74) is 4.72. The molecule has 2 aliphatic heterocycles. The number of aryl methyl sites for hydroxylation is 1. The van der Waals surface area contributed by atoms with Crippen molar-refractivity contribution in [1.29, 1.82) is 0 Å². The van der Waals surface area contributed by atoms with Crippen LogP contribution in [0.1, 0.15) is 56.7 Å². The number of fused-ring (bicyclic) bond motifs is 1. The van der Waals surface area contributed by atoms with Crippen molar-refractivity contribution >= 4 is 35.0 Å². The molecule has 2 aromatic rings. The second-order valence-electron chi connectivity index (χ2n) is 10.3. The second kappa shape index (κ2) is 9.87. The topological polar surface area (TPSA) is 61.9 Å². The summed E-state index contributed by atoms with van der Waals surface area (Å²) < 4.78 is 5.54. The molecule has 34 heavy (non-hydrogen) atoms. The molecular formula is C27H34ClN3O3. The molecule has 1 N–H and O–H groups in total. The number of halogens is 1. The Morgan fingerprint density at radius 2 is 1.94 bits per heavy atom.